The fourth-order valence-corrected chi connectivity index (χ4v) is 2.43. The highest BCUT2D eigenvalue weighted by molar-refractivity contribution is 6.30. The molecular formula is C17H13ClO2. The SMILES string of the molecule is O=C1CC(c2ccccc2)C=C(c2ccc(Cl)cc2)O1. The number of rotatable bonds is 2. The van der Waals surface area contributed by atoms with Gasteiger partial charge in [0.1, 0.15) is 5.76 Å². The fraction of sp³-hybridized carbons (Fsp3) is 0.118. The number of esters is 1. The first-order valence-corrected chi connectivity index (χ1v) is 6.83. The quantitative estimate of drug-likeness (QED) is 0.764. The Kier molecular flexibility index (Phi) is 3.57. The second-order valence-electron chi connectivity index (χ2n) is 4.73. The molecule has 0 amide bonds. The second-order valence-corrected chi connectivity index (χ2v) is 5.17. The summed E-state index contributed by atoms with van der Waals surface area (Å²) in [7, 11) is 0. The predicted molar refractivity (Wildman–Crippen MR) is 79.3 cm³/mol. The lowest BCUT2D eigenvalue weighted by atomic mass is 9.92. The molecule has 0 radical (unpaired) electrons. The molecule has 0 aliphatic carbocycles. The normalized spacial score (nSPS) is 18.4. The lowest BCUT2D eigenvalue weighted by Gasteiger charge is -2.21. The lowest BCUT2D eigenvalue weighted by Crippen LogP contribution is -2.15. The molecular weight excluding hydrogens is 272 g/mol. The molecule has 1 aliphatic rings. The van der Waals surface area contributed by atoms with E-state index in [1.807, 2.05) is 48.5 Å². The Morgan fingerprint density at radius 1 is 1.00 bits per heavy atom. The van der Waals surface area contributed by atoms with Crippen molar-refractivity contribution < 1.29 is 9.53 Å². The van der Waals surface area contributed by atoms with Crippen LogP contribution in [-0.4, -0.2) is 5.97 Å². The van der Waals surface area contributed by atoms with Crippen LogP contribution >= 0.6 is 11.6 Å². The third-order valence-corrected chi connectivity index (χ3v) is 3.57. The minimum Gasteiger partial charge on any atom is -0.426 e. The first-order chi connectivity index (χ1) is 9.72. The molecule has 0 bridgehead atoms. The molecule has 3 heteroatoms. The molecule has 1 atom stereocenters. The Hall–Kier alpha value is -2.06. The highest BCUT2D eigenvalue weighted by Gasteiger charge is 2.23. The lowest BCUT2D eigenvalue weighted by molar-refractivity contribution is -0.137. The van der Waals surface area contributed by atoms with Gasteiger partial charge in [-0.25, -0.2) is 0 Å². The highest BCUT2D eigenvalue weighted by atomic mass is 35.5. The molecule has 2 nitrogen and oxygen atoms in total. The topological polar surface area (TPSA) is 26.3 Å². The van der Waals surface area contributed by atoms with Gasteiger partial charge >= 0.3 is 5.97 Å². The smallest absolute Gasteiger partial charge is 0.312 e. The molecule has 3 rings (SSSR count). The molecule has 2 aromatic carbocycles. The monoisotopic (exact) mass is 284 g/mol. The molecule has 0 aromatic heterocycles. The third-order valence-electron chi connectivity index (χ3n) is 3.32. The van der Waals surface area contributed by atoms with Crippen LogP contribution in [-0.2, 0) is 9.53 Å². The molecule has 0 spiro atoms. The van der Waals surface area contributed by atoms with Crippen LogP contribution in [0.25, 0.3) is 5.76 Å². The van der Waals surface area contributed by atoms with Crippen molar-refractivity contribution in [3.8, 4) is 0 Å². The van der Waals surface area contributed by atoms with E-state index >= 15 is 0 Å². The summed E-state index contributed by atoms with van der Waals surface area (Å²) in [6.07, 6.45) is 2.38. The maximum Gasteiger partial charge on any atom is 0.312 e. The Labute approximate surface area is 122 Å². The van der Waals surface area contributed by atoms with Crippen molar-refractivity contribution in [2.75, 3.05) is 0 Å². The summed E-state index contributed by atoms with van der Waals surface area (Å²) in [5.74, 6) is 0.459. The molecule has 1 unspecified atom stereocenters. The minimum atomic E-state index is -0.202. The number of allylic oxidation sites excluding steroid dienone is 1. The van der Waals surface area contributed by atoms with Crippen LogP contribution in [0.2, 0.25) is 5.02 Å². The summed E-state index contributed by atoms with van der Waals surface area (Å²) in [6.45, 7) is 0. The van der Waals surface area contributed by atoms with Crippen molar-refractivity contribution in [2.24, 2.45) is 0 Å². The van der Waals surface area contributed by atoms with Crippen LogP contribution in [0.1, 0.15) is 23.5 Å². The summed E-state index contributed by atoms with van der Waals surface area (Å²) in [4.78, 5) is 11.8. The van der Waals surface area contributed by atoms with Crippen molar-refractivity contribution >= 4 is 23.3 Å². The Morgan fingerprint density at radius 3 is 2.40 bits per heavy atom. The Bertz CT molecular complexity index is 644. The highest BCUT2D eigenvalue weighted by Crippen LogP contribution is 2.32. The maximum absolute atomic E-state index is 11.8. The zero-order chi connectivity index (χ0) is 13.9. The Balaban J connectivity index is 1.96. The van der Waals surface area contributed by atoms with Crippen LogP contribution < -0.4 is 0 Å². The Morgan fingerprint density at radius 2 is 1.70 bits per heavy atom. The van der Waals surface area contributed by atoms with E-state index in [1.54, 1.807) is 12.1 Å². The van der Waals surface area contributed by atoms with Gasteiger partial charge in [-0.1, -0.05) is 41.9 Å². The zero-order valence-corrected chi connectivity index (χ0v) is 11.5. The number of hydrogen-bond acceptors (Lipinski definition) is 2. The average Bonchev–Trinajstić information content (AvgIpc) is 2.48. The van der Waals surface area contributed by atoms with Gasteiger partial charge in [0.2, 0.25) is 0 Å². The summed E-state index contributed by atoms with van der Waals surface area (Å²) in [5, 5.41) is 0.663. The standard InChI is InChI=1S/C17H13ClO2/c18-15-8-6-13(7-9-15)16-10-14(11-17(19)20-16)12-4-2-1-3-5-12/h1-10,14H,11H2. The molecule has 0 fully saturated rings. The van der Waals surface area contributed by atoms with Crippen molar-refractivity contribution in [3.63, 3.8) is 0 Å². The van der Waals surface area contributed by atoms with E-state index < -0.39 is 0 Å². The van der Waals surface area contributed by atoms with E-state index in [2.05, 4.69) is 0 Å². The number of carbonyl (C=O) groups is 1. The number of halogens is 1. The van der Waals surface area contributed by atoms with Crippen molar-refractivity contribution in [3.05, 3.63) is 76.8 Å². The summed E-state index contributed by atoms with van der Waals surface area (Å²) < 4.78 is 5.34. The van der Waals surface area contributed by atoms with Gasteiger partial charge in [0.25, 0.3) is 0 Å². The molecule has 20 heavy (non-hydrogen) atoms. The number of benzene rings is 2. The van der Waals surface area contributed by atoms with Crippen LogP contribution in [0.3, 0.4) is 0 Å². The van der Waals surface area contributed by atoms with Crippen LogP contribution in [0.5, 0.6) is 0 Å². The molecule has 1 aliphatic heterocycles. The van der Waals surface area contributed by atoms with Gasteiger partial charge < -0.3 is 4.74 Å². The van der Waals surface area contributed by atoms with E-state index in [0.717, 1.165) is 11.1 Å². The van der Waals surface area contributed by atoms with Gasteiger partial charge in [-0.3, -0.25) is 4.79 Å². The fourth-order valence-electron chi connectivity index (χ4n) is 2.30. The van der Waals surface area contributed by atoms with Crippen molar-refractivity contribution in [1.29, 1.82) is 0 Å². The summed E-state index contributed by atoms with van der Waals surface area (Å²) >= 11 is 5.88. The van der Waals surface area contributed by atoms with Crippen LogP contribution in [0.4, 0.5) is 0 Å². The first-order valence-electron chi connectivity index (χ1n) is 6.46. The van der Waals surface area contributed by atoms with Gasteiger partial charge in [0.05, 0.1) is 6.42 Å². The largest absolute Gasteiger partial charge is 0.426 e. The first kappa shape index (κ1) is 12.9. The molecule has 0 N–H and O–H groups in total. The maximum atomic E-state index is 11.8. The van der Waals surface area contributed by atoms with Crippen molar-refractivity contribution in [2.45, 2.75) is 12.3 Å². The van der Waals surface area contributed by atoms with E-state index in [9.17, 15) is 4.79 Å². The van der Waals surface area contributed by atoms with E-state index in [1.165, 1.54) is 0 Å². The zero-order valence-electron chi connectivity index (χ0n) is 10.8. The number of cyclic esters (lactones) is 1. The molecule has 1 heterocycles. The molecule has 100 valence electrons. The number of hydrogen-bond donors (Lipinski definition) is 0. The summed E-state index contributed by atoms with van der Waals surface area (Å²) in [5.41, 5.74) is 1.99. The minimum absolute atomic E-state index is 0.0585. The number of ether oxygens (including phenoxy) is 1. The van der Waals surface area contributed by atoms with Gasteiger partial charge in [0.15, 0.2) is 0 Å². The van der Waals surface area contributed by atoms with Crippen LogP contribution in [0.15, 0.2) is 60.7 Å². The van der Waals surface area contributed by atoms with E-state index in [-0.39, 0.29) is 11.9 Å². The van der Waals surface area contributed by atoms with Crippen molar-refractivity contribution in [1.82, 2.24) is 0 Å². The predicted octanol–water partition coefficient (Wildman–Crippen LogP) is 4.41. The summed E-state index contributed by atoms with van der Waals surface area (Å²) in [6, 6.07) is 17.3. The van der Waals surface area contributed by atoms with Gasteiger partial charge in [-0.05, 0) is 35.9 Å². The average molecular weight is 285 g/mol. The number of carbonyl (C=O) groups excluding carboxylic acids is 1. The molecule has 2 aromatic rings. The van der Waals surface area contributed by atoms with E-state index in [0.29, 0.717) is 17.2 Å². The van der Waals surface area contributed by atoms with E-state index in [4.69, 9.17) is 16.3 Å². The van der Waals surface area contributed by atoms with Gasteiger partial charge in [0, 0.05) is 16.5 Å². The van der Waals surface area contributed by atoms with Gasteiger partial charge in [-0.15, -0.1) is 0 Å². The second kappa shape index (κ2) is 5.51. The molecule has 0 saturated heterocycles. The molecule has 0 saturated carbocycles. The van der Waals surface area contributed by atoms with Gasteiger partial charge in [-0.2, -0.15) is 0 Å². The third kappa shape index (κ3) is 2.75. The van der Waals surface area contributed by atoms with Crippen LogP contribution in [0, 0.1) is 0 Å².